The molecular weight excluding hydrogens is 453 g/mol. The van der Waals surface area contributed by atoms with Gasteiger partial charge in [-0.3, -0.25) is 19.2 Å². The van der Waals surface area contributed by atoms with Crippen LogP contribution in [-0.2, 0) is 15.1 Å². The Labute approximate surface area is 201 Å². The minimum absolute atomic E-state index is 0.129. The van der Waals surface area contributed by atoms with E-state index in [1.54, 1.807) is 38.1 Å². The van der Waals surface area contributed by atoms with Crippen molar-refractivity contribution in [3.05, 3.63) is 82.4 Å². The van der Waals surface area contributed by atoms with Crippen molar-refractivity contribution in [2.45, 2.75) is 26.3 Å². The molecule has 0 unspecified atom stereocenters. The standard InChI is InChI=1S/C25H26FN5O4/c1-16(32)29-20-10-6-18(7-11-20)23(34)27-14-15-28-24(35)25(2,3)31-22(33)13-12-21(30-31)17-4-8-19(26)9-5-17/h4-13H,14-15H2,1-3H3,(H,27,34)(H,28,35)(H,29,32). The Balaban J connectivity index is 1.59. The molecule has 0 radical (unpaired) electrons. The molecule has 0 saturated carbocycles. The molecule has 0 spiro atoms. The first kappa shape index (κ1) is 25.3. The van der Waals surface area contributed by atoms with Gasteiger partial charge in [0.25, 0.3) is 11.5 Å². The third kappa shape index (κ3) is 6.38. The highest BCUT2D eigenvalue weighted by Crippen LogP contribution is 2.18. The highest BCUT2D eigenvalue weighted by atomic mass is 19.1. The lowest BCUT2D eigenvalue weighted by molar-refractivity contribution is -0.129. The fourth-order valence-electron chi connectivity index (χ4n) is 3.26. The lowest BCUT2D eigenvalue weighted by Gasteiger charge is -2.25. The number of benzene rings is 2. The van der Waals surface area contributed by atoms with Crippen molar-refractivity contribution in [3.63, 3.8) is 0 Å². The Kier molecular flexibility index (Phi) is 7.75. The van der Waals surface area contributed by atoms with Crippen LogP contribution in [0.2, 0.25) is 0 Å². The molecule has 182 valence electrons. The van der Waals surface area contributed by atoms with Gasteiger partial charge in [-0.2, -0.15) is 5.10 Å². The van der Waals surface area contributed by atoms with E-state index >= 15 is 0 Å². The average Bonchev–Trinajstić information content (AvgIpc) is 2.82. The summed E-state index contributed by atoms with van der Waals surface area (Å²) in [5.74, 6) is -1.40. The number of nitrogens with one attached hydrogen (secondary N) is 3. The number of aromatic nitrogens is 2. The Bertz CT molecular complexity index is 1280. The van der Waals surface area contributed by atoms with E-state index in [-0.39, 0.29) is 24.9 Å². The monoisotopic (exact) mass is 479 g/mol. The zero-order valence-electron chi connectivity index (χ0n) is 19.6. The van der Waals surface area contributed by atoms with Crippen molar-refractivity contribution in [2.75, 3.05) is 18.4 Å². The Hall–Kier alpha value is -4.34. The van der Waals surface area contributed by atoms with Gasteiger partial charge in [0.15, 0.2) is 0 Å². The molecular formula is C25H26FN5O4. The molecule has 0 saturated heterocycles. The van der Waals surface area contributed by atoms with Crippen molar-refractivity contribution in [2.24, 2.45) is 0 Å². The highest BCUT2D eigenvalue weighted by molar-refractivity contribution is 5.95. The zero-order chi connectivity index (χ0) is 25.6. The number of hydrogen-bond donors (Lipinski definition) is 3. The van der Waals surface area contributed by atoms with Crippen LogP contribution < -0.4 is 21.5 Å². The van der Waals surface area contributed by atoms with Gasteiger partial charge in [0.1, 0.15) is 11.4 Å². The summed E-state index contributed by atoms with van der Waals surface area (Å²) in [6, 6.07) is 14.9. The molecule has 35 heavy (non-hydrogen) atoms. The summed E-state index contributed by atoms with van der Waals surface area (Å²) in [5, 5.41) is 12.3. The van der Waals surface area contributed by atoms with Crippen LogP contribution in [0.5, 0.6) is 0 Å². The van der Waals surface area contributed by atoms with Crippen LogP contribution in [0.3, 0.4) is 0 Å². The van der Waals surface area contributed by atoms with E-state index in [4.69, 9.17) is 0 Å². The molecule has 0 aliphatic carbocycles. The van der Waals surface area contributed by atoms with Crippen molar-refractivity contribution in [1.29, 1.82) is 0 Å². The summed E-state index contributed by atoms with van der Waals surface area (Å²) >= 11 is 0. The van der Waals surface area contributed by atoms with Crippen molar-refractivity contribution < 1.29 is 18.8 Å². The van der Waals surface area contributed by atoms with E-state index in [2.05, 4.69) is 21.0 Å². The number of carbonyl (C=O) groups excluding carboxylic acids is 3. The molecule has 1 heterocycles. The largest absolute Gasteiger partial charge is 0.352 e. The minimum atomic E-state index is -1.32. The molecule has 1 aromatic heterocycles. The molecule has 2 aromatic carbocycles. The number of amides is 3. The number of rotatable bonds is 8. The van der Waals surface area contributed by atoms with Crippen LogP contribution in [0, 0.1) is 5.82 Å². The van der Waals surface area contributed by atoms with E-state index in [0.717, 1.165) is 4.68 Å². The summed E-state index contributed by atoms with van der Waals surface area (Å²) < 4.78 is 14.3. The molecule has 0 atom stereocenters. The van der Waals surface area contributed by atoms with Gasteiger partial charge in [-0.05, 0) is 68.4 Å². The molecule has 3 N–H and O–H groups in total. The summed E-state index contributed by atoms with van der Waals surface area (Å²) in [6.07, 6.45) is 0. The van der Waals surface area contributed by atoms with Crippen LogP contribution in [0.4, 0.5) is 10.1 Å². The minimum Gasteiger partial charge on any atom is -0.352 e. The number of nitrogens with zero attached hydrogens (tertiary/aromatic N) is 2. The molecule has 3 aromatic rings. The van der Waals surface area contributed by atoms with Crippen molar-refractivity contribution >= 4 is 23.4 Å². The Morgan fingerprint density at radius 2 is 1.54 bits per heavy atom. The first-order chi connectivity index (χ1) is 16.6. The van der Waals surface area contributed by atoms with Gasteiger partial charge in [-0.15, -0.1) is 0 Å². The van der Waals surface area contributed by atoms with E-state index in [1.165, 1.54) is 43.3 Å². The van der Waals surface area contributed by atoms with Crippen molar-refractivity contribution in [3.8, 4) is 11.3 Å². The number of anilines is 1. The summed E-state index contributed by atoms with van der Waals surface area (Å²) in [6.45, 7) is 4.79. The lowest BCUT2D eigenvalue weighted by Crippen LogP contribution is -2.50. The molecule has 3 amide bonds. The maximum atomic E-state index is 13.2. The van der Waals surface area contributed by atoms with Crippen LogP contribution in [0.25, 0.3) is 11.3 Å². The van der Waals surface area contributed by atoms with Crippen molar-refractivity contribution in [1.82, 2.24) is 20.4 Å². The topological polar surface area (TPSA) is 122 Å². The quantitative estimate of drug-likeness (QED) is 0.428. The van der Waals surface area contributed by atoms with Gasteiger partial charge in [-0.1, -0.05) is 0 Å². The van der Waals surface area contributed by atoms with E-state index in [0.29, 0.717) is 22.5 Å². The highest BCUT2D eigenvalue weighted by Gasteiger charge is 2.32. The third-order valence-corrected chi connectivity index (χ3v) is 5.19. The second kappa shape index (κ2) is 10.7. The van der Waals surface area contributed by atoms with E-state index in [9.17, 15) is 23.6 Å². The van der Waals surface area contributed by atoms with Gasteiger partial charge in [0, 0.05) is 42.9 Å². The predicted octanol–water partition coefficient (Wildman–Crippen LogP) is 2.29. The molecule has 10 heteroatoms. The maximum absolute atomic E-state index is 13.2. The van der Waals surface area contributed by atoms with Gasteiger partial charge >= 0.3 is 0 Å². The fraction of sp³-hybridized carbons (Fsp3) is 0.240. The Morgan fingerprint density at radius 1 is 0.914 bits per heavy atom. The predicted molar refractivity (Wildman–Crippen MR) is 129 cm³/mol. The van der Waals surface area contributed by atoms with Gasteiger partial charge in [0.05, 0.1) is 5.69 Å². The number of carbonyl (C=O) groups is 3. The average molecular weight is 480 g/mol. The first-order valence-electron chi connectivity index (χ1n) is 10.9. The molecule has 3 rings (SSSR count). The summed E-state index contributed by atoms with van der Waals surface area (Å²) in [7, 11) is 0. The molecule has 0 aliphatic heterocycles. The second-order valence-electron chi connectivity index (χ2n) is 8.30. The van der Waals surface area contributed by atoms with Gasteiger partial charge < -0.3 is 16.0 Å². The smallest absolute Gasteiger partial charge is 0.267 e. The summed E-state index contributed by atoms with van der Waals surface area (Å²) in [4.78, 5) is 48.7. The number of halogens is 1. The molecule has 0 fully saturated rings. The molecule has 0 bridgehead atoms. The van der Waals surface area contributed by atoms with E-state index in [1.807, 2.05) is 0 Å². The van der Waals surface area contributed by atoms with E-state index < -0.39 is 22.8 Å². The van der Waals surface area contributed by atoms with Gasteiger partial charge in [-0.25, -0.2) is 9.07 Å². The van der Waals surface area contributed by atoms with Crippen LogP contribution in [-0.4, -0.2) is 40.6 Å². The van der Waals surface area contributed by atoms with Gasteiger partial charge in [0.2, 0.25) is 11.8 Å². The number of hydrogen-bond acceptors (Lipinski definition) is 5. The first-order valence-corrected chi connectivity index (χ1v) is 10.9. The Morgan fingerprint density at radius 3 is 2.17 bits per heavy atom. The van der Waals surface area contributed by atoms with Crippen LogP contribution in [0.1, 0.15) is 31.1 Å². The lowest BCUT2D eigenvalue weighted by atomic mass is 10.0. The van der Waals surface area contributed by atoms with Crippen LogP contribution >= 0.6 is 0 Å². The summed E-state index contributed by atoms with van der Waals surface area (Å²) in [5.41, 5.74) is 0.213. The third-order valence-electron chi connectivity index (χ3n) is 5.19. The molecule has 0 aliphatic rings. The normalized spacial score (nSPS) is 11.0. The molecule has 9 nitrogen and oxygen atoms in total. The second-order valence-corrected chi connectivity index (χ2v) is 8.30. The SMILES string of the molecule is CC(=O)Nc1ccc(C(=O)NCCNC(=O)C(C)(C)n2nc(-c3ccc(F)cc3)ccc2=O)cc1. The van der Waals surface area contributed by atoms with Crippen LogP contribution in [0.15, 0.2) is 65.5 Å². The fourth-order valence-corrected chi connectivity index (χ4v) is 3.26. The maximum Gasteiger partial charge on any atom is 0.267 e. The zero-order valence-corrected chi connectivity index (χ0v) is 19.6.